The van der Waals surface area contributed by atoms with Crippen LogP contribution in [0.25, 0.3) is 10.9 Å². The van der Waals surface area contributed by atoms with E-state index in [4.69, 9.17) is 16.9 Å². The second-order valence-electron chi connectivity index (χ2n) is 9.39. The minimum Gasteiger partial charge on any atom is -0.384 e. The van der Waals surface area contributed by atoms with Crippen LogP contribution in [0.3, 0.4) is 0 Å². The monoisotopic (exact) mass is 587 g/mol. The third-order valence-corrected chi connectivity index (χ3v) is 7.53. The average molecular weight is 588 g/mol. The molecule has 0 radical (unpaired) electrons. The van der Waals surface area contributed by atoms with E-state index in [2.05, 4.69) is 20.3 Å². The van der Waals surface area contributed by atoms with Gasteiger partial charge in [-0.15, -0.1) is 0 Å². The number of nitrogens with two attached hydrogens (primary N) is 2. The number of H-pyrrole nitrogens is 1. The Hall–Kier alpha value is -4.31. The van der Waals surface area contributed by atoms with Crippen LogP contribution in [0, 0.1) is 5.41 Å². The highest BCUT2D eigenvalue weighted by molar-refractivity contribution is 7.89. The van der Waals surface area contributed by atoms with E-state index in [1.165, 1.54) is 0 Å². The molecule has 0 aliphatic carbocycles. The maximum atomic E-state index is 13.4. The molecule has 3 amide bonds. The fourth-order valence-corrected chi connectivity index (χ4v) is 5.22. The smallest absolute Gasteiger partial charge is 0.242 e. The van der Waals surface area contributed by atoms with Gasteiger partial charge < -0.3 is 37.3 Å². The highest BCUT2D eigenvalue weighted by Crippen LogP contribution is 2.19. The van der Waals surface area contributed by atoms with Gasteiger partial charge in [-0.25, -0.2) is 13.1 Å². The second-order valence-corrected chi connectivity index (χ2v) is 11.2. The van der Waals surface area contributed by atoms with Crippen LogP contribution in [0.15, 0.2) is 54.7 Å². The number of carbonyl (C=O) groups excluding carboxylic acids is 3. The van der Waals surface area contributed by atoms with Crippen LogP contribution in [0.4, 0.5) is 0 Å². The molecule has 0 saturated heterocycles. The normalized spacial score (nSPS) is 13.0. The van der Waals surface area contributed by atoms with Gasteiger partial charge in [0.15, 0.2) is 6.29 Å². The van der Waals surface area contributed by atoms with Crippen LogP contribution in [0.1, 0.15) is 29.5 Å². The maximum absolute atomic E-state index is 13.4. The van der Waals surface area contributed by atoms with Gasteiger partial charge in [0.05, 0.1) is 0 Å². The Balaban J connectivity index is 1.80. The number of para-hydroxylation sites is 1. The van der Waals surface area contributed by atoms with Gasteiger partial charge in [-0.3, -0.25) is 19.8 Å². The van der Waals surface area contributed by atoms with Crippen molar-refractivity contribution in [1.82, 2.24) is 20.3 Å². The number of aliphatic hydroxyl groups is 2. The number of benzene rings is 2. The maximum Gasteiger partial charge on any atom is 0.242 e. The molecule has 0 bridgehead atoms. The molecular formula is C26H33N7O7S. The van der Waals surface area contributed by atoms with Crippen LogP contribution < -0.4 is 26.8 Å². The van der Waals surface area contributed by atoms with Crippen molar-refractivity contribution in [1.29, 1.82) is 5.41 Å². The molecule has 0 spiro atoms. The number of hydrogen-bond donors (Lipinski definition) is 9. The number of hydrogen-bond acceptors (Lipinski definition) is 8. The highest BCUT2D eigenvalue weighted by Gasteiger charge is 2.30. The third-order valence-electron chi connectivity index (χ3n) is 6.15. The largest absolute Gasteiger partial charge is 0.384 e. The molecule has 2 aromatic carbocycles. The lowest BCUT2D eigenvalue weighted by Gasteiger charge is -2.23. The molecule has 1 aromatic heterocycles. The number of aromatic nitrogens is 1. The summed E-state index contributed by atoms with van der Waals surface area (Å²) in [6.45, 7) is 0.0553. The van der Waals surface area contributed by atoms with Crippen LogP contribution >= 0.6 is 0 Å². The Morgan fingerprint density at radius 3 is 2.29 bits per heavy atom. The summed E-state index contributed by atoms with van der Waals surface area (Å²) >= 11 is 0. The van der Waals surface area contributed by atoms with E-state index < -0.39 is 51.9 Å². The molecule has 3 aromatic rings. The van der Waals surface area contributed by atoms with E-state index in [-0.39, 0.29) is 31.6 Å². The predicted octanol–water partition coefficient (Wildman–Crippen LogP) is -1.34. The number of nitrogen functional groups attached to an aromatic ring is 1. The first-order chi connectivity index (χ1) is 19.3. The molecule has 41 heavy (non-hydrogen) atoms. The molecule has 1 heterocycles. The van der Waals surface area contributed by atoms with Crippen LogP contribution in [0.2, 0.25) is 0 Å². The van der Waals surface area contributed by atoms with E-state index in [9.17, 15) is 33.0 Å². The standard InChI is InChI=1S/C26H33N7O7S/c27-22(34)10-9-20(25(37)31-12-15-5-7-16(8-6-15)24(28)29)32-26(38)21(33-41(39,40)14-23(35)36)11-17-13-30-19-4-2-1-3-18(17)19/h1-8,13,20-21,23,30,33,35-36H,9-12,14H2,(H2,27,34)(H3,28,29)(H,31,37)(H,32,38)/t20-,21+/m0/s1. The summed E-state index contributed by atoms with van der Waals surface area (Å²) in [5.74, 6) is -3.40. The topological polar surface area (TPSA) is 254 Å². The van der Waals surface area contributed by atoms with Crippen molar-refractivity contribution in [2.75, 3.05) is 5.75 Å². The molecule has 0 aliphatic rings. The third kappa shape index (κ3) is 9.39. The zero-order valence-corrected chi connectivity index (χ0v) is 22.8. The summed E-state index contributed by atoms with van der Waals surface area (Å²) in [5.41, 5.74) is 13.2. The second kappa shape index (κ2) is 13.8. The van der Waals surface area contributed by atoms with Crippen molar-refractivity contribution in [2.45, 2.75) is 44.2 Å². The van der Waals surface area contributed by atoms with Gasteiger partial charge in [-0.1, -0.05) is 42.5 Å². The Kier molecular flexibility index (Phi) is 10.5. The van der Waals surface area contributed by atoms with Crippen molar-refractivity contribution in [3.05, 3.63) is 71.4 Å². The molecule has 0 unspecified atom stereocenters. The number of rotatable bonds is 15. The number of carbonyl (C=O) groups is 3. The summed E-state index contributed by atoms with van der Waals surface area (Å²) in [4.78, 5) is 40.9. The minimum absolute atomic E-state index is 0.0553. The van der Waals surface area contributed by atoms with Crippen molar-refractivity contribution in [3.63, 3.8) is 0 Å². The average Bonchev–Trinajstić information content (AvgIpc) is 3.31. The predicted molar refractivity (Wildman–Crippen MR) is 151 cm³/mol. The van der Waals surface area contributed by atoms with E-state index in [0.29, 0.717) is 16.7 Å². The van der Waals surface area contributed by atoms with Gasteiger partial charge in [0.25, 0.3) is 0 Å². The SMILES string of the molecule is N=C(N)c1ccc(CNC(=O)[C@H](CCC(N)=O)NC(=O)[C@@H](Cc2c[nH]c3ccccc23)NS(=O)(=O)CC(O)O)cc1. The molecule has 0 aliphatic heterocycles. The van der Waals surface area contributed by atoms with Crippen molar-refractivity contribution >= 4 is 44.5 Å². The first-order valence-corrected chi connectivity index (χ1v) is 14.2. The molecule has 2 atom stereocenters. The fraction of sp³-hybridized carbons (Fsp3) is 0.308. The van der Waals surface area contributed by atoms with Crippen LogP contribution in [-0.4, -0.2) is 71.3 Å². The molecular weight excluding hydrogens is 554 g/mol. The number of nitrogens with one attached hydrogen (secondary N) is 5. The van der Waals surface area contributed by atoms with Crippen molar-refractivity contribution in [3.8, 4) is 0 Å². The van der Waals surface area contributed by atoms with Crippen molar-refractivity contribution in [2.24, 2.45) is 11.5 Å². The molecule has 3 rings (SSSR count). The quantitative estimate of drug-likeness (QED) is 0.0583. The lowest BCUT2D eigenvalue weighted by Crippen LogP contribution is -2.55. The highest BCUT2D eigenvalue weighted by atomic mass is 32.2. The van der Waals surface area contributed by atoms with Gasteiger partial charge in [-0.05, 0) is 30.0 Å². The van der Waals surface area contributed by atoms with E-state index >= 15 is 0 Å². The summed E-state index contributed by atoms with van der Waals surface area (Å²) in [5, 5.41) is 31.7. The first kappa shape index (κ1) is 31.2. The zero-order chi connectivity index (χ0) is 30.2. The minimum atomic E-state index is -4.34. The number of amidine groups is 1. The van der Waals surface area contributed by atoms with Gasteiger partial charge >= 0.3 is 0 Å². The van der Waals surface area contributed by atoms with Gasteiger partial charge in [-0.2, -0.15) is 0 Å². The summed E-state index contributed by atoms with van der Waals surface area (Å²) < 4.78 is 27.2. The fourth-order valence-electron chi connectivity index (χ4n) is 4.11. The molecule has 220 valence electrons. The van der Waals surface area contributed by atoms with Crippen LogP contribution in [0.5, 0.6) is 0 Å². The summed E-state index contributed by atoms with van der Waals surface area (Å²) in [6, 6.07) is 11.0. The lowest BCUT2D eigenvalue weighted by atomic mass is 10.0. The lowest BCUT2D eigenvalue weighted by molar-refractivity contribution is -0.130. The van der Waals surface area contributed by atoms with E-state index in [1.807, 2.05) is 0 Å². The Bertz CT molecular complexity index is 1500. The van der Waals surface area contributed by atoms with E-state index in [1.54, 1.807) is 54.7 Å². The molecule has 0 saturated carbocycles. The number of amides is 3. The molecule has 15 heteroatoms. The Morgan fingerprint density at radius 2 is 1.66 bits per heavy atom. The number of aromatic amines is 1. The molecule has 0 fully saturated rings. The number of sulfonamides is 1. The van der Waals surface area contributed by atoms with Gasteiger partial charge in [0.2, 0.25) is 27.7 Å². The van der Waals surface area contributed by atoms with Crippen LogP contribution in [-0.2, 0) is 37.4 Å². The van der Waals surface area contributed by atoms with Crippen molar-refractivity contribution < 1.29 is 33.0 Å². The van der Waals surface area contributed by atoms with Gasteiger partial charge in [0.1, 0.15) is 23.7 Å². The van der Waals surface area contributed by atoms with E-state index in [0.717, 1.165) is 10.9 Å². The Labute approximate surface area is 236 Å². The summed E-state index contributed by atoms with van der Waals surface area (Å²) in [7, 11) is -4.34. The number of aliphatic hydroxyl groups excluding tert-OH is 1. The Morgan fingerprint density at radius 1 is 0.976 bits per heavy atom. The number of fused-ring (bicyclic) bond motifs is 1. The molecule has 14 nitrogen and oxygen atoms in total. The first-order valence-electron chi connectivity index (χ1n) is 12.6. The number of primary amides is 1. The molecule has 11 N–H and O–H groups in total. The zero-order valence-electron chi connectivity index (χ0n) is 22.0. The summed E-state index contributed by atoms with van der Waals surface area (Å²) in [6.07, 6.45) is -1.08. The van der Waals surface area contributed by atoms with Gasteiger partial charge in [0, 0.05) is 35.6 Å².